The number of aromatic carboxylic acids is 1. The van der Waals surface area contributed by atoms with Gasteiger partial charge in [-0.25, -0.2) is 9.78 Å². The Hall–Kier alpha value is -3.28. The topological polar surface area (TPSA) is 73.6 Å². The van der Waals surface area contributed by atoms with E-state index in [0.29, 0.717) is 23.9 Å². The minimum Gasteiger partial charge on any atom is -0.496 e. The van der Waals surface area contributed by atoms with Gasteiger partial charge in [-0.15, -0.1) is 0 Å². The molecule has 6 heteroatoms. The summed E-state index contributed by atoms with van der Waals surface area (Å²) >= 11 is 0. The highest BCUT2D eigenvalue weighted by Gasteiger charge is 2.17. The monoisotopic (exact) mass is 338 g/mol. The van der Waals surface area contributed by atoms with Crippen LogP contribution in [0.25, 0.3) is 11.4 Å². The number of methoxy groups -OCH3 is 2. The van der Waals surface area contributed by atoms with E-state index in [1.807, 2.05) is 35.0 Å². The van der Waals surface area contributed by atoms with E-state index in [9.17, 15) is 4.79 Å². The summed E-state index contributed by atoms with van der Waals surface area (Å²) in [4.78, 5) is 15.6. The van der Waals surface area contributed by atoms with Crippen molar-refractivity contribution in [3.63, 3.8) is 0 Å². The average molecular weight is 338 g/mol. The Balaban J connectivity index is 2.02. The molecule has 0 spiro atoms. The van der Waals surface area contributed by atoms with Gasteiger partial charge in [0, 0.05) is 18.9 Å². The maximum absolute atomic E-state index is 11.2. The maximum Gasteiger partial charge on any atom is 0.335 e. The van der Waals surface area contributed by atoms with Crippen molar-refractivity contribution in [3.8, 4) is 22.9 Å². The fraction of sp³-hybridized carbons (Fsp3) is 0.158. The predicted molar refractivity (Wildman–Crippen MR) is 93.3 cm³/mol. The molecule has 0 aliphatic rings. The van der Waals surface area contributed by atoms with Crippen LogP contribution in [0.3, 0.4) is 0 Å². The summed E-state index contributed by atoms with van der Waals surface area (Å²) in [5.41, 5.74) is 1.88. The van der Waals surface area contributed by atoms with Crippen LogP contribution in [-0.2, 0) is 6.54 Å². The van der Waals surface area contributed by atoms with Gasteiger partial charge < -0.3 is 19.1 Å². The van der Waals surface area contributed by atoms with Gasteiger partial charge in [0.05, 0.1) is 19.8 Å². The minimum atomic E-state index is -0.945. The summed E-state index contributed by atoms with van der Waals surface area (Å²) in [5, 5.41) is 9.15. The highest BCUT2D eigenvalue weighted by Crippen LogP contribution is 2.37. The Morgan fingerprint density at radius 2 is 1.80 bits per heavy atom. The quantitative estimate of drug-likeness (QED) is 0.746. The Kier molecular flexibility index (Phi) is 4.70. The van der Waals surface area contributed by atoms with Gasteiger partial charge in [0.2, 0.25) is 0 Å². The molecule has 1 N–H and O–H groups in total. The van der Waals surface area contributed by atoms with E-state index >= 15 is 0 Å². The zero-order valence-electron chi connectivity index (χ0n) is 14.0. The lowest BCUT2D eigenvalue weighted by Crippen LogP contribution is -2.05. The number of benzene rings is 2. The number of nitrogens with zero attached hydrogens (tertiary/aromatic N) is 2. The van der Waals surface area contributed by atoms with Gasteiger partial charge in [-0.3, -0.25) is 0 Å². The second kappa shape index (κ2) is 7.09. The van der Waals surface area contributed by atoms with E-state index in [0.717, 1.165) is 11.1 Å². The number of hydrogen-bond donors (Lipinski definition) is 1. The van der Waals surface area contributed by atoms with Crippen LogP contribution in [0.4, 0.5) is 0 Å². The molecule has 0 atom stereocenters. The first kappa shape index (κ1) is 16.6. The second-order valence-corrected chi connectivity index (χ2v) is 5.42. The van der Waals surface area contributed by atoms with Crippen LogP contribution < -0.4 is 9.47 Å². The van der Waals surface area contributed by atoms with Gasteiger partial charge in [-0.05, 0) is 29.8 Å². The SMILES string of the molecule is COc1cccc(OC)c1-c1nccn1Cc1cccc(C(=O)O)c1. The third-order valence-corrected chi connectivity index (χ3v) is 3.89. The molecule has 0 radical (unpaired) electrons. The van der Waals surface area contributed by atoms with Gasteiger partial charge in [0.25, 0.3) is 0 Å². The standard InChI is InChI=1S/C19H18N2O4/c1-24-15-7-4-8-16(25-2)17(15)18-20-9-10-21(18)12-13-5-3-6-14(11-13)19(22)23/h3-11H,12H2,1-2H3,(H,22,23). The van der Waals surface area contributed by atoms with Crippen molar-refractivity contribution in [1.82, 2.24) is 9.55 Å². The van der Waals surface area contributed by atoms with E-state index in [1.54, 1.807) is 38.6 Å². The molecule has 0 amide bonds. The summed E-state index contributed by atoms with van der Waals surface area (Å²) in [6.45, 7) is 0.484. The van der Waals surface area contributed by atoms with Crippen LogP contribution in [0.15, 0.2) is 54.9 Å². The van der Waals surface area contributed by atoms with Gasteiger partial charge in [-0.1, -0.05) is 18.2 Å². The van der Waals surface area contributed by atoms with Gasteiger partial charge in [0.1, 0.15) is 22.9 Å². The Bertz CT molecular complexity index is 880. The zero-order chi connectivity index (χ0) is 17.8. The van der Waals surface area contributed by atoms with Crippen molar-refractivity contribution in [2.24, 2.45) is 0 Å². The molecule has 1 heterocycles. The molecule has 0 saturated heterocycles. The molecule has 3 aromatic rings. The van der Waals surface area contributed by atoms with Crippen LogP contribution in [0.5, 0.6) is 11.5 Å². The number of imidazole rings is 1. The Morgan fingerprint density at radius 1 is 1.12 bits per heavy atom. The Morgan fingerprint density at radius 3 is 2.44 bits per heavy atom. The van der Waals surface area contributed by atoms with Crippen molar-refractivity contribution >= 4 is 5.97 Å². The summed E-state index contributed by atoms with van der Waals surface area (Å²) in [5.74, 6) is 1.06. The van der Waals surface area contributed by atoms with Gasteiger partial charge in [0.15, 0.2) is 0 Å². The third kappa shape index (κ3) is 3.33. The van der Waals surface area contributed by atoms with E-state index in [2.05, 4.69) is 4.98 Å². The predicted octanol–water partition coefficient (Wildman–Crippen LogP) is 3.31. The fourth-order valence-electron chi connectivity index (χ4n) is 2.74. The van der Waals surface area contributed by atoms with Crippen molar-refractivity contribution in [1.29, 1.82) is 0 Å². The van der Waals surface area contributed by atoms with Crippen molar-refractivity contribution < 1.29 is 19.4 Å². The lowest BCUT2D eigenvalue weighted by molar-refractivity contribution is 0.0696. The van der Waals surface area contributed by atoms with E-state index in [4.69, 9.17) is 14.6 Å². The highest BCUT2D eigenvalue weighted by molar-refractivity contribution is 5.87. The van der Waals surface area contributed by atoms with E-state index in [-0.39, 0.29) is 5.56 Å². The number of ether oxygens (including phenoxy) is 2. The molecule has 0 aliphatic carbocycles. The Labute approximate surface area is 145 Å². The first-order valence-electron chi connectivity index (χ1n) is 7.68. The first-order chi connectivity index (χ1) is 12.1. The zero-order valence-corrected chi connectivity index (χ0v) is 14.0. The number of carbonyl (C=O) groups is 1. The molecule has 25 heavy (non-hydrogen) atoms. The van der Waals surface area contributed by atoms with E-state index < -0.39 is 5.97 Å². The average Bonchev–Trinajstić information content (AvgIpc) is 3.08. The number of hydrogen-bond acceptors (Lipinski definition) is 4. The van der Waals surface area contributed by atoms with Crippen molar-refractivity contribution in [2.45, 2.75) is 6.54 Å². The largest absolute Gasteiger partial charge is 0.496 e. The lowest BCUT2D eigenvalue weighted by Gasteiger charge is -2.14. The molecular weight excluding hydrogens is 320 g/mol. The summed E-state index contributed by atoms with van der Waals surface area (Å²) in [6.07, 6.45) is 3.54. The summed E-state index contributed by atoms with van der Waals surface area (Å²) in [6, 6.07) is 12.4. The molecule has 3 rings (SSSR count). The summed E-state index contributed by atoms with van der Waals surface area (Å²) < 4.78 is 12.8. The number of carboxylic acids is 1. The number of aromatic nitrogens is 2. The van der Waals surface area contributed by atoms with Crippen molar-refractivity contribution in [2.75, 3.05) is 14.2 Å². The molecule has 0 saturated carbocycles. The maximum atomic E-state index is 11.2. The van der Waals surface area contributed by atoms with Gasteiger partial charge >= 0.3 is 5.97 Å². The van der Waals surface area contributed by atoms with E-state index in [1.165, 1.54) is 0 Å². The molecular formula is C19H18N2O4. The smallest absolute Gasteiger partial charge is 0.335 e. The molecule has 6 nitrogen and oxygen atoms in total. The highest BCUT2D eigenvalue weighted by atomic mass is 16.5. The molecule has 0 unspecified atom stereocenters. The molecule has 2 aromatic carbocycles. The van der Waals surface area contributed by atoms with Crippen LogP contribution in [0.1, 0.15) is 15.9 Å². The van der Waals surface area contributed by atoms with Crippen molar-refractivity contribution in [3.05, 3.63) is 66.0 Å². The normalized spacial score (nSPS) is 10.5. The lowest BCUT2D eigenvalue weighted by atomic mass is 10.1. The van der Waals surface area contributed by atoms with Crippen LogP contribution in [-0.4, -0.2) is 34.8 Å². The molecule has 0 bridgehead atoms. The summed E-state index contributed by atoms with van der Waals surface area (Å²) in [7, 11) is 3.20. The second-order valence-electron chi connectivity index (χ2n) is 5.42. The fourth-order valence-corrected chi connectivity index (χ4v) is 2.74. The molecule has 1 aromatic heterocycles. The third-order valence-electron chi connectivity index (χ3n) is 3.89. The number of carboxylic acid groups (broad SMARTS) is 1. The molecule has 0 fully saturated rings. The minimum absolute atomic E-state index is 0.258. The first-order valence-corrected chi connectivity index (χ1v) is 7.68. The molecule has 128 valence electrons. The molecule has 0 aliphatic heterocycles. The van der Waals surface area contributed by atoms with Crippen LogP contribution in [0, 0.1) is 0 Å². The van der Waals surface area contributed by atoms with Crippen LogP contribution >= 0.6 is 0 Å². The number of rotatable bonds is 6. The van der Waals surface area contributed by atoms with Crippen LogP contribution in [0.2, 0.25) is 0 Å². The van der Waals surface area contributed by atoms with Gasteiger partial charge in [-0.2, -0.15) is 0 Å².